The van der Waals surface area contributed by atoms with Crippen molar-refractivity contribution in [3.8, 4) is 0 Å². The zero-order chi connectivity index (χ0) is 15.8. The zero-order valence-electron chi connectivity index (χ0n) is 13.8. The molecule has 0 spiro atoms. The molecule has 0 amide bonds. The van der Waals surface area contributed by atoms with Crippen molar-refractivity contribution >= 4 is 11.7 Å². The summed E-state index contributed by atoms with van der Waals surface area (Å²) in [6.07, 6.45) is 0. The third-order valence-corrected chi connectivity index (χ3v) is 3.43. The van der Waals surface area contributed by atoms with Gasteiger partial charge < -0.3 is 10.1 Å². The zero-order valence-corrected chi connectivity index (χ0v) is 13.8. The van der Waals surface area contributed by atoms with Gasteiger partial charge in [-0.1, -0.05) is 18.2 Å². The first-order valence-corrected chi connectivity index (χ1v) is 7.65. The predicted octanol–water partition coefficient (Wildman–Crippen LogP) is 3.15. The molecule has 0 saturated carbocycles. The van der Waals surface area contributed by atoms with Gasteiger partial charge in [0.15, 0.2) is 0 Å². The SMILES string of the molecule is CC(C)N(CCOC(=O)[C@H](C)Nc1ccccc1)C(C)C. The van der Waals surface area contributed by atoms with Crippen LogP contribution in [-0.2, 0) is 9.53 Å². The van der Waals surface area contributed by atoms with Crippen LogP contribution in [0.1, 0.15) is 34.6 Å². The van der Waals surface area contributed by atoms with E-state index in [4.69, 9.17) is 4.74 Å². The number of rotatable bonds is 8. The van der Waals surface area contributed by atoms with Crippen molar-refractivity contribution in [3.05, 3.63) is 30.3 Å². The average molecular weight is 292 g/mol. The Kier molecular flexibility index (Phi) is 7.23. The summed E-state index contributed by atoms with van der Waals surface area (Å²) in [6.45, 7) is 11.6. The summed E-state index contributed by atoms with van der Waals surface area (Å²) in [5.41, 5.74) is 0.924. The van der Waals surface area contributed by atoms with Crippen molar-refractivity contribution in [2.45, 2.75) is 52.7 Å². The minimum atomic E-state index is -0.348. The Hall–Kier alpha value is -1.55. The van der Waals surface area contributed by atoms with Gasteiger partial charge in [-0.15, -0.1) is 0 Å². The van der Waals surface area contributed by atoms with E-state index < -0.39 is 0 Å². The predicted molar refractivity (Wildman–Crippen MR) is 87.5 cm³/mol. The summed E-state index contributed by atoms with van der Waals surface area (Å²) in [7, 11) is 0. The van der Waals surface area contributed by atoms with Crippen molar-refractivity contribution in [2.24, 2.45) is 0 Å². The molecule has 0 bridgehead atoms. The maximum Gasteiger partial charge on any atom is 0.328 e. The van der Waals surface area contributed by atoms with Gasteiger partial charge in [-0.3, -0.25) is 4.90 Å². The Morgan fingerprint density at radius 3 is 2.19 bits per heavy atom. The van der Waals surface area contributed by atoms with Crippen LogP contribution < -0.4 is 5.32 Å². The number of hydrogen-bond acceptors (Lipinski definition) is 4. The van der Waals surface area contributed by atoms with E-state index >= 15 is 0 Å². The smallest absolute Gasteiger partial charge is 0.328 e. The number of carbonyl (C=O) groups is 1. The van der Waals surface area contributed by atoms with Crippen LogP contribution in [0.3, 0.4) is 0 Å². The molecule has 0 fully saturated rings. The second kappa shape index (κ2) is 8.67. The minimum Gasteiger partial charge on any atom is -0.463 e. The maximum atomic E-state index is 12.0. The molecular formula is C17H28N2O2. The molecule has 1 aromatic rings. The number of benzene rings is 1. The normalized spacial score (nSPS) is 12.8. The van der Waals surface area contributed by atoms with E-state index in [2.05, 4.69) is 37.9 Å². The van der Waals surface area contributed by atoms with E-state index in [0.29, 0.717) is 18.7 Å². The Bertz CT molecular complexity index is 410. The lowest BCUT2D eigenvalue weighted by Crippen LogP contribution is -2.40. The first-order chi connectivity index (χ1) is 9.91. The van der Waals surface area contributed by atoms with Crippen LogP contribution in [0.25, 0.3) is 0 Å². The average Bonchev–Trinajstić information content (AvgIpc) is 2.43. The van der Waals surface area contributed by atoms with Gasteiger partial charge >= 0.3 is 5.97 Å². The third kappa shape index (κ3) is 6.17. The fourth-order valence-electron chi connectivity index (χ4n) is 2.33. The summed E-state index contributed by atoms with van der Waals surface area (Å²) < 4.78 is 5.36. The molecule has 4 heteroatoms. The topological polar surface area (TPSA) is 41.6 Å². The van der Waals surface area contributed by atoms with Crippen molar-refractivity contribution in [3.63, 3.8) is 0 Å². The molecule has 0 aliphatic heterocycles. The van der Waals surface area contributed by atoms with Gasteiger partial charge in [0.25, 0.3) is 0 Å². The summed E-state index contributed by atoms with van der Waals surface area (Å²) >= 11 is 0. The lowest BCUT2D eigenvalue weighted by Gasteiger charge is -2.30. The lowest BCUT2D eigenvalue weighted by molar-refractivity contribution is -0.144. The van der Waals surface area contributed by atoms with Crippen LogP contribution in [0.5, 0.6) is 0 Å². The van der Waals surface area contributed by atoms with Crippen LogP contribution in [0.4, 0.5) is 5.69 Å². The number of nitrogens with zero attached hydrogens (tertiary/aromatic N) is 1. The van der Waals surface area contributed by atoms with Crippen molar-refractivity contribution in [1.82, 2.24) is 4.90 Å². The molecule has 1 aromatic carbocycles. The Labute approximate surface area is 128 Å². The van der Waals surface area contributed by atoms with E-state index in [1.54, 1.807) is 0 Å². The highest BCUT2D eigenvalue weighted by atomic mass is 16.5. The molecule has 21 heavy (non-hydrogen) atoms. The fourth-order valence-corrected chi connectivity index (χ4v) is 2.33. The highest BCUT2D eigenvalue weighted by molar-refractivity contribution is 5.78. The molecule has 1 rings (SSSR count). The third-order valence-electron chi connectivity index (χ3n) is 3.43. The molecule has 0 aromatic heterocycles. The van der Waals surface area contributed by atoms with Crippen LogP contribution in [0.15, 0.2) is 30.3 Å². The molecule has 118 valence electrons. The standard InChI is InChI=1S/C17H28N2O2/c1-13(2)19(14(3)4)11-12-21-17(20)15(5)18-16-9-7-6-8-10-16/h6-10,13-15,18H,11-12H2,1-5H3/t15-/m0/s1. The first-order valence-electron chi connectivity index (χ1n) is 7.65. The fraction of sp³-hybridized carbons (Fsp3) is 0.588. The molecule has 4 nitrogen and oxygen atoms in total. The largest absolute Gasteiger partial charge is 0.463 e. The highest BCUT2D eigenvalue weighted by Crippen LogP contribution is 2.08. The minimum absolute atomic E-state index is 0.216. The van der Waals surface area contributed by atoms with Crippen LogP contribution in [-0.4, -0.2) is 42.1 Å². The van der Waals surface area contributed by atoms with Crippen LogP contribution in [0.2, 0.25) is 0 Å². The molecule has 0 radical (unpaired) electrons. The van der Waals surface area contributed by atoms with Gasteiger partial charge in [0, 0.05) is 24.3 Å². The van der Waals surface area contributed by atoms with Gasteiger partial charge in [0.2, 0.25) is 0 Å². The number of anilines is 1. The van der Waals surface area contributed by atoms with Gasteiger partial charge in [-0.05, 0) is 46.8 Å². The molecule has 0 aliphatic carbocycles. The number of carbonyl (C=O) groups excluding carboxylic acids is 1. The lowest BCUT2D eigenvalue weighted by atomic mass is 10.2. The van der Waals surface area contributed by atoms with Crippen LogP contribution in [0, 0.1) is 0 Å². The second-order valence-corrected chi connectivity index (χ2v) is 5.82. The van der Waals surface area contributed by atoms with Gasteiger partial charge in [-0.2, -0.15) is 0 Å². The quantitative estimate of drug-likeness (QED) is 0.747. The molecule has 0 unspecified atom stereocenters. The Balaban J connectivity index is 2.36. The monoisotopic (exact) mass is 292 g/mol. The molecular weight excluding hydrogens is 264 g/mol. The molecule has 0 saturated heterocycles. The number of esters is 1. The number of nitrogens with one attached hydrogen (secondary N) is 1. The first kappa shape index (κ1) is 17.5. The maximum absolute atomic E-state index is 12.0. The van der Waals surface area contributed by atoms with Crippen molar-refractivity contribution in [2.75, 3.05) is 18.5 Å². The second-order valence-electron chi connectivity index (χ2n) is 5.82. The Morgan fingerprint density at radius 1 is 1.10 bits per heavy atom. The number of para-hydroxylation sites is 1. The van der Waals surface area contributed by atoms with E-state index in [-0.39, 0.29) is 12.0 Å². The summed E-state index contributed by atoms with van der Waals surface area (Å²) in [5, 5.41) is 3.14. The number of hydrogen-bond donors (Lipinski definition) is 1. The van der Waals surface area contributed by atoms with Gasteiger partial charge in [0.05, 0.1) is 0 Å². The summed E-state index contributed by atoms with van der Waals surface area (Å²) in [4.78, 5) is 14.3. The van der Waals surface area contributed by atoms with Gasteiger partial charge in [-0.25, -0.2) is 4.79 Å². The highest BCUT2D eigenvalue weighted by Gasteiger charge is 2.17. The van der Waals surface area contributed by atoms with E-state index in [1.165, 1.54) is 0 Å². The molecule has 1 atom stereocenters. The van der Waals surface area contributed by atoms with Gasteiger partial charge in [0.1, 0.15) is 12.6 Å². The van der Waals surface area contributed by atoms with Crippen molar-refractivity contribution < 1.29 is 9.53 Å². The summed E-state index contributed by atoms with van der Waals surface area (Å²) in [5.74, 6) is -0.216. The van der Waals surface area contributed by atoms with E-state index in [0.717, 1.165) is 12.2 Å². The molecule has 0 aliphatic rings. The summed E-state index contributed by atoms with van der Waals surface area (Å²) in [6, 6.07) is 10.2. The van der Waals surface area contributed by atoms with Crippen molar-refractivity contribution in [1.29, 1.82) is 0 Å². The van der Waals surface area contributed by atoms with E-state index in [9.17, 15) is 4.79 Å². The Morgan fingerprint density at radius 2 is 1.67 bits per heavy atom. The van der Waals surface area contributed by atoms with Crippen LogP contribution >= 0.6 is 0 Å². The number of ether oxygens (including phenoxy) is 1. The molecule has 0 heterocycles. The molecule has 1 N–H and O–H groups in total. The van der Waals surface area contributed by atoms with E-state index in [1.807, 2.05) is 37.3 Å².